The monoisotopic (exact) mass is 255 g/mol. The van der Waals surface area contributed by atoms with Crippen LogP contribution in [0.15, 0.2) is 17.4 Å². The molecule has 0 radical (unpaired) electrons. The van der Waals surface area contributed by atoms with Gasteiger partial charge in [-0.05, 0) is 20.8 Å². The second-order valence-electron chi connectivity index (χ2n) is 4.37. The first-order valence-electron chi connectivity index (χ1n) is 5.25. The fourth-order valence-electron chi connectivity index (χ4n) is 1.04. The van der Waals surface area contributed by atoms with Gasteiger partial charge < -0.3 is 10.1 Å². The molecule has 17 heavy (non-hydrogen) atoms. The van der Waals surface area contributed by atoms with Crippen LogP contribution in [0.4, 0.5) is 5.82 Å². The molecule has 0 aliphatic carbocycles. The van der Waals surface area contributed by atoms with E-state index in [9.17, 15) is 4.79 Å². The Bertz CT molecular complexity index is 391. The summed E-state index contributed by atoms with van der Waals surface area (Å²) < 4.78 is 5.19. The quantitative estimate of drug-likeness (QED) is 0.655. The summed E-state index contributed by atoms with van der Waals surface area (Å²) in [5.41, 5.74) is -0.448. The standard InChI is InChI=1S/C11H17N3O2S/c1-11(2,3)16-10(15)7-17-9-6-13-5-8(12-4)14-9/h5-6H,7H2,1-4H3,(H,12,14). The number of hydrogen-bond donors (Lipinski definition) is 1. The lowest BCUT2D eigenvalue weighted by Crippen LogP contribution is -2.24. The molecule has 1 aromatic rings. The molecule has 1 N–H and O–H groups in total. The number of nitrogens with zero attached hydrogens (tertiary/aromatic N) is 2. The average Bonchev–Trinajstić information content (AvgIpc) is 2.24. The molecule has 0 saturated heterocycles. The molecule has 1 aromatic heterocycles. The van der Waals surface area contributed by atoms with Gasteiger partial charge in [0.15, 0.2) is 0 Å². The minimum absolute atomic E-state index is 0.235. The van der Waals surface area contributed by atoms with Gasteiger partial charge in [-0.15, -0.1) is 0 Å². The van der Waals surface area contributed by atoms with E-state index < -0.39 is 5.60 Å². The third-order valence-electron chi connectivity index (χ3n) is 1.63. The molecule has 94 valence electrons. The van der Waals surface area contributed by atoms with Crippen LogP contribution in [0.1, 0.15) is 20.8 Å². The van der Waals surface area contributed by atoms with Gasteiger partial charge >= 0.3 is 5.97 Å². The molecule has 0 unspecified atom stereocenters. The van der Waals surface area contributed by atoms with E-state index in [1.54, 1.807) is 19.4 Å². The van der Waals surface area contributed by atoms with Crippen LogP contribution in [-0.2, 0) is 9.53 Å². The first-order chi connectivity index (χ1) is 7.90. The van der Waals surface area contributed by atoms with E-state index in [1.807, 2.05) is 20.8 Å². The summed E-state index contributed by atoms with van der Waals surface area (Å²) in [6, 6.07) is 0. The summed E-state index contributed by atoms with van der Waals surface area (Å²) in [5, 5.41) is 3.59. The van der Waals surface area contributed by atoms with E-state index >= 15 is 0 Å². The van der Waals surface area contributed by atoms with Crippen molar-refractivity contribution in [2.45, 2.75) is 31.4 Å². The second kappa shape index (κ2) is 5.86. The van der Waals surface area contributed by atoms with Crippen molar-refractivity contribution >= 4 is 23.5 Å². The van der Waals surface area contributed by atoms with Gasteiger partial charge in [-0.3, -0.25) is 9.78 Å². The number of thioether (sulfide) groups is 1. The van der Waals surface area contributed by atoms with Crippen molar-refractivity contribution < 1.29 is 9.53 Å². The molecule has 5 nitrogen and oxygen atoms in total. The lowest BCUT2D eigenvalue weighted by molar-refractivity contribution is -0.151. The molecule has 0 amide bonds. The molecule has 1 heterocycles. The van der Waals surface area contributed by atoms with Crippen molar-refractivity contribution in [1.29, 1.82) is 0 Å². The van der Waals surface area contributed by atoms with Gasteiger partial charge in [-0.1, -0.05) is 11.8 Å². The van der Waals surface area contributed by atoms with Crippen molar-refractivity contribution in [3.8, 4) is 0 Å². The van der Waals surface area contributed by atoms with E-state index in [0.717, 1.165) is 0 Å². The van der Waals surface area contributed by atoms with Gasteiger partial charge in [0, 0.05) is 7.05 Å². The molecule has 0 fully saturated rings. The number of carbonyl (C=O) groups is 1. The zero-order chi connectivity index (χ0) is 12.9. The highest BCUT2D eigenvalue weighted by atomic mass is 32.2. The van der Waals surface area contributed by atoms with Crippen molar-refractivity contribution in [2.24, 2.45) is 0 Å². The summed E-state index contributed by atoms with van der Waals surface area (Å²) in [6.07, 6.45) is 3.24. The summed E-state index contributed by atoms with van der Waals surface area (Å²) >= 11 is 1.31. The highest BCUT2D eigenvalue weighted by molar-refractivity contribution is 7.99. The smallest absolute Gasteiger partial charge is 0.316 e. The number of ether oxygens (including phenoxy) is 1. The first kappa shape index (κ1) is 13.8. The molecule has 6 heteroatoms. The molecule has 0 atom stereocenters. The average molecular weight is 255 g/mol. The molecule has 0 bridgehead atoms. The normalized spacial score (nSPS) is 11.1. The SMILES string of the molecule is CNc1cncc(SCC(=O)OC(C)(C)C)n1. The van der Waals surface area contributed by atoms with Crippen LogP contribution in [0.5, 0.6) is 0 Å². The third-order valence-corrected chi connectivity index (χ3v) is 2.50. The Morgan fingerprint density at radius 2 is 2.18 bits per heavy atom. The molecular formula is C11H17N3O2S. The predicted molar refractivity (Wildman–Crippen MR) is 68.1 cm³/mol. The van der Waals surface area contributed by atoms with Crippen LogP contribution in [0.3, 0.4) is 0 Å². The van der Waals surface area contributed by atoms with Crippen LogP contribution in [0, 0.1) is 0 Å². The lowest BCUT2D eigenvalue weighted by atomic mass is 10.2. The molecule has 0 spiro atoms. The van der Waals surface area contributed by atoms with Crippen LogP contribution in [0.25, 0.3) is 0 Å². The van der Waals surface area contributed by atoms with E-state index in [0.29, 0.717) is 10.8 Å². The Morgan fingerprint density at radius 3 is 2.76 bits per heavy atom. The van der Waals surface area contributed by atoms with Gasteiger partial charge in [0.05, 0.1) is 18.1 Å². The maximum Gasteiger partial charge on any atom is 0.316 e. The zero-order valence-electron chi connectivity index (χ0n) is 10.5. The number of rotatable bonds is 4. The predicted octanol–water partition coefficient (Wildman–Crippen LogP) is 1.95. The Morgan fingerprint density at radius 1 is 1.47 bits per heavy atom. The van der Waals surface area contributed by atoms with Crippen molar-refractivity contribution in [1.82, 2.24) is 9.97 Å². The van der Waals surface area contributed by atoms with E-state index in [2.05, 4.69) is 15.3 Å². The maximum absolute atomic E-state index is 11.5. The lowest BCUT2D eigenvalue weighted by Gasteiger charge is -2.19. The summed E-state index contributed by atoms with van der Waals surface area (Å²) in [4.78, 5) is 19.7. The topological polar surface area (TPSA) is 64.1 Å². The van der Waals surface area contributed by atoms with Crippen LogP contribution in [-0.4, -0.2) is 34.3 Å². The van der Waals surface area contributed by atoms with Gasteiger partial charge in [0.2, 0.25) is 0 Å². The summed E-state index contributed by atoms with van der Waals surface area (Å²) in [5.74, 6) is 0.664. The largest absolute Gasteiger partial charge is 0.459 e. The van der Waals surface area contributed by atoms with Gasteiger partial charge in [-0.2, -0.15) is 0 Å². The Kier molecular flexibility index (Phi) is 4.74. The fraction of sp³-hybridized carbons (Fsp3) is 0.545. The zero-order valence-corrected chi connectivity index (χ0v) is 11.3. The molecule has 0 aliphatic heterocycles. The van der Waals surface area contributed by atoms with Crippen LogP contribution < -0.4 is 5.32 Å². The number of nitrogens with one attached hydrogen (secondary N) is 1. The van der Waals surface area contributed by atoms with Crippen LogP contribution in [0.2, 0.25) is 0 Å². The number of carbonyl (C=O) groups excluding carboxylic acids is 1. The molecule has 0 aliphatic rings. The highest BCUT2D eigenvalue weighted by Crippen LogP contribution is 2.17. The van der Waals surface area contributed by atoms with Crippen molar-refractivity contribution in [3.63, 3.8) is 0 Å². The molecule has 1 rings (SSSR count). The van der Waals surface area contributed by atoms with E-state index in [4.69, 9.17) is 4.74 Å². The second-order valence-corrected chi connectivity index (χ2v) is 5.36. The summed E-state index contributed by atoms with van der Waals surface area (Å²) in [6.45, 7) is 5.53. The van der Waals surface area contributed by atoms with Gasteiger partial charge in [0.1, 0.15) is 16.4 Å². The molecule has 0 aromatic carbocycles. The van der Waals surface area contributed by atoms with Gasteiger partial charge in [0.25, 0.3) is 0 Å². The molecule has 0 saturated carbocycles. The van der Waals surface area contributed by atoms with Crippen LogP contribution >= 0.6 is 11.8 Å². The minimum atomic E-state index is -0.448. The maximum atomic E-state index is 11.5. The molecular weight excluding hydrogens is 238 g/mol. The van der Waals surface area contributed by atoms with E-state index in [-0.39, 0.29) is 11.7 Å². The first-order valence-corrected chi connectivity index (χ1v) is 6.24. The third kappa shape index (κ3) is 5.53. The van der Waals surface area contributed by atoms with E-state index in [1.165, 1.54) is 11.8 Å². The number of aromatic nitrogens is 2. The number of hydrogen-bond acceptors (Lipinski definition) is 6. The van der Waals surface area contributed by atoms with Gasteiger partial charge in [-0.25, -0.2) is 4.98 Å². The highest BCUT2D eigenvalue weighted by Gasteiger charge is 2.16. The Hall–Kier alpha value is -1.30. The minimum Gasteiger partial charge on any atom is -0.459 e. The van der Waals surface area contributed by atoms with Crippen molar-refractivity contribution in [3.05, 3.63) is 12.4 Å². The summed E-state index contributed by atoms with van der Waals surface area (Å²) in [7, 11) is 1.77. The Balaban J connectivity index is 2.47. The fourth-order valence-corrected chi connectivity index (χ4v) is 1.66. The number of anilines is 1. The Labute approximate surface area is 105 Å². The van der Waals surface area contributed by atoms with Crippen molar-refractivity contribution in [2.75, 3.05) is 18.1 Å². The number of esters is 1.